The van der Waals surface area contributed by atoms with Crippen molar-refractivity contribution in [3.63, 3.8) is 0 Å². The van der Waals surface area contributed by atoms with Gasteiger partial charge in [-0.1, -0.05) is 30.0 Å². The maximum atomic E-state index is 12.8. The van der Waals surface area contributed by atoms with Gasteiger partial charge in [0.15, 0.2) is 5.16 Å². The molecule has 2 aromatic heterocycles. The molecular weight excluding hydrogens is 336 g/mol. The van der Waals surface area contributed by atoms with Crippen molar-refractivity contribution >= 4 is 39.6 Å². The molecule has 3 aromatic rings. The van der Waals surface area contributed by atoms with E-state index in [4.69, 9.17) is 0 Å². The lowest BCUT2D eigenvalue weighted by Gasteiger charge is -2.20. The fraction of sp³-hybridized carbons (Fsp3) is 0.389. The Bertz CT molecular complexity index is 998. The Kier molecular flexibility index (Phi) is 4.60. The second kappa shape index (κ2) is 6.55. The first kappa shape index (κ1) is 17.5. The summed E-state index contributed by atoms with van der Waals surface area (Å²) in [4.78, 5) is 32.7. The minimum absolute atomic E-state index is 0.0755. The summed E-state index contributed by atoms with van der Waals surface area (Å²) in [5.41, 5.74) is 1.66. The predicted octanol–water partition coefficient (Wildman–Crippen LogP) is 2.90. The van der Waals surface area contributed by atoms with Crippen LogP contribution in [0.1, 0.15) is 27.7 Å². The van der Waals surface area contributed by atoms with Crippen molar-refractivity contribution in [2.75, 3.05) is 5.75 Å². The van der Waals surface area contributed by atoms with E-state index in [1.54, 1.807) is 4.57 Å². The Hall–Kier alpha value is -2.28. The Balaban J connectivity index is 2.01. The van der Waals surface area contributed by atoms with Gasteiger partial charge in [-0.3, -0.25) is 14.2 Å². The molecule has 25 heavy (non-hydrogen) atoms. The molecular formula is C18H22N4O2S. The summed E-state index contributed by atoms with van der Waals surface area (Å²) >= 11 is 1.29. The van der Waals surface area contributed by atoms with E-state index in [9.17, 15) is 9.59 Å². The molecule has 0 atom stereocenters. The third kappa shape index (κ3) is 3.56. The normalized spacial score (nSPS) is 12.0. The van der Waals surface area contributed by atoms with E-state index < -0.39 is 0 Å². The second-order valence-electron chi connectivity index (χ2n) is 6.92. The largest absolute Gasteiger partial charge is 0.351 e. The molecule has 0 saturated carbocycles. The molecule has 0 saturated heterocycles. The quantitative estimate of drug-likeness (QED) is 0.555. The van der Waals surface area contributed by atoms with Crippen LogP contribution in [-0.2, 0) is 11.3 Å². The topological polar surface area (TPSA) is 79.8 Å². The van der Waals surface area contributed by atoms with Gasteiger partial charge >= 0.3 is 0 Å². The van der Waals surface area contributed by atoms with Gasteiger partial charge in [0.2, 0.25) is 5.91 Å². The van der Waals surface area contributed by atoms with Crippen LogP contribution in [0.5, 0.6) is 0 Å². The number of para-hydroxylation sites is 1. The van der Waals surface area contributed by atoms with E-state index in [2.05, 4.69) is 15.3 Å². The van der Waals surface area contributed by atoms with Gasteiger partial charge in [0.05, 0.1) is 5.75 Å². The molecule has 132 valence electrons. The van der Waals surface area contributed by atoms with Crippen molar-refractivity contribution in [1.29, 1.82) is 0 Å². The molecule has 0 aliphatic carbocycles. The Morgan fingerprint density at radius 1 is 1.32 bits per heavy atom. The summed E-state index contributed by atoms with van der Waals surface area (Å²) < 4.78 is 1.60. The fourth-order valence-electron chi connectivity index (χ4n) is 2.75. The number of nitrogens with zero attached hydrogens (tertiary/aromatic N) is 2. The molecule has 0 spiro atoms. The highest BCUT2D eigenvalue weighted by Gasteiger charge is 2.18. The summed E-state index contributed by atoms with van der Waals surface area (Å²) in [5.74, 6) is 0.144. The SMILES string of the molecule is CCn1c(SCC(=O)NC(C)(C)C)nc2c([nH]c3ccccc32)c1=O. The van der Waals surface area contributed by atoms with Gasteiger partial charge in [0.25, 0.3) is 5.56 Å². The molecule has 0 bridgehead atoms. The number of nitrogens with one attached hydrogen (secondary N) is 2. The smallest absolute Gasteiger partial charge is 0.278 e. The highest BCUT2D eigenvalue weighted by atomic mass is 32.2. The van der Waals surface area contributed by atoms with Gasteiger partial charge in [-0.25, -0.2) is 4.98 Å². The van der Waals surface area contributed by atoms with Gasteiger partial charge < -0.3 is 10.3 Å². The summed E-state index contributed by atoms with van der Waals surface area (Å²) in [6, 6.07) is 7.71. The van der Waals surface area contributed by atoms with Crippen LogP contribution in [-0.4, -0.2) is 31.7 Å². The Labute approximate surface area is 150 Å². The van der Waals surface area contributed by atoms with Crippen molar-refractivity contribution in [3.05, 3.63) is 34.6 Å². The summed E-state index contributed by atoms with van der Waals surface area (Å²) in [6.07, 6.45) is 0. The van der Waals surface area contributed by atoms with E-state index in [0.717, 1.165) is 10.9 Å². The number of carbonyl (C=O) groups excluding carboxylic acids is 1. The zero-order valence-electron chi connectivity index (χ0n) is 14.8. The van der Waals surface area contributed by atoms with Crippen LogP contribution in [0.15, 0.2) is 34.2 Å². The van der Waals surface area contributed by atoms with Crippen molar-refractivity contribution in [1.82, 2.24) is 19.9 Å². The molecule has 0 radical (unpaired) electrons. The van der Waals surface area contributed by atoms with E-state index in [1.807, 2.05) is 52.0 Å². The van der Waals surface area contributed by atoms with Gasteiger partial charge in [-0.2, -0.15) is 0 Å². The lowest BCUT2D eigenvalue weighted by Crippen LogP contribution is -2.41. The van der Waals surface area contributed by atoms with Crippen LogP contribution in [0.4, 0.5) is 0 Å². The number of carbonyl (C=O) groups is 1. The monoisotopic (exact) mass is 358 g/mol. The summed E-state index contributed by atoms with van der Waals surface area (Å²) in [5, 5.41) is 4.40. The standard InChI is InChI=1S/C18H22N4O2S/c1-5-22-16(24)15-14(11-8-6-7-9-12(11)19-15)20-17(22)25-10-13(23)21-18(2,3)4/h6-9,19H,5,10H2,1-4H3,(H,21,23). The van der Waals surface area contributed by atoms with Crippen LogP contribution in [0, 0.1) is 0 Å². The zero-order chi connectivity index (χ0) is 18.2. The molecule has 0 aliphatic rings. The van der Waals surface area contributed by atoms with Crippen molar-refractivity contribution < 1.29 is 4.79 Å². The lowest BCUT2D eigenvalue weighted by molar-refractivity contribution is -0.119. The number of rotatable bonds is 4. The number of hydrogen-bond donors (Lipinski definition) is 2. The summed E-state index contributed by atoms with van der Waals surface area (Å²) in [6.45, 7) is 8.21. The molecule has 0 unspecified atom stereocenters. The number of aromatic nitrogens is 3. The van der Waals surface area contributed by atoms with Crippen LogP contribution < -0.4 is 10.9 Å². The molecule has 3 rings (SSSR count). The first-order valence-electron chi connectivity index (χ1n) is 8.25. The van der Waals surface area contributed by atoms with E-state index in [0.29, 0.717) is 22.7 Å². The number of thioether (sulfide) groups is 1. The average Bonchev–Trinajstić information content (AvgIpc) is 2.90. The summed E-state index contributed by atoms with van der Waals surface area (Å²) in [7, 11) is 0. The van der Waals surface area contributed by atoms with E-state index >= 15 is 0 Å². The highest BCUT2D eigenvalue weighted by molar-refractivity contribution is 7.99. The maximum absolute atomic E-state index is 12.8. The van der Waals surface area contributed by atoms with E-state index in [-0.39, 0.29) is 22.8 Å². The molecule has 1 aromatic carbocycles. The minimum Gasteiger partial charge on any atom is -0.351 e. The number of hydrogen-bond acceptors (Lipinski definition) is 4. The van der Waals surface area contributed by atoms with Crippen LogP contribution in [0.2, 0.25) is 0 Å². The van der Waals surface area contributed by atoms with Gasteiger partial charge in [0, 0.05) is 23.0 Å². The zero-order valence-corrected chi connectivity index (χ0v) is 15.7. The number of aromatic amines is 1. The van der Waals surface area contributed by atoms with Crippen molar-refractivity contribution in [3.8, 4) is 0 Å². The third-order valence-electron chi connectivity index (χ3n) is 3.74. The second-order valence-corrected chi connectivity index (χ2v) is 7.87. The third-order valence-corrected chi connectivity index (χ3v) is 4.72. The molecule has 1 amide bonds. The van der Waals surface area contributed by atoms with Crippen LogP contribution in [0.25, 0.3) is 21.9 Å². The molecule has 2 N–H and O–H groups in total. The average molecular weight is 358 g/mol. The van der Waals surface area contributed by atoms with Crippen LogP contribution in [0.3, 0.4) is 0 Å². The Morgan fingerprint density at radius 3 is 2.72 bits per heavy atom. The van der Waals surface area contributed by atoms with Gasteiger partial charge in [-0.05, 0) is 33.8 Å². The first-order chi connectivity index (χ1) is 11.8. The maximum Gasteiger partial charge on any atom is 0.278 e. The first-order valence-corrected chi connectivity index (χ1v) is 9.24. The minimum atomic E-state index is -0.281. The van der Waals surface area contributed by atoms with Gasteiger partial charge in [0.1, 0.15) is 11.0 Å². The number of H-pyrrole nitrogens is 1. The number of amides is 1. The van der Waals surface area contributed by atoms with Gasteiger partial charge in [-0.15, -0.1) is 0 Å². The van der Waals surface area contributed by atoms with E-state index in [1.165, 1.54) is 11.8 Å². The fourth-order valence-corrected chi connectivity index (χ4v) is 3.61. The molecule has 6 nitrogen and oxygen atoms in total. The molecule has 0 fully saturated rings. The predicted molar refractivity (Wildman–Crippen MR) is 102 cm³/mol. The lowest BCUT2D eigenvalue weighted by atomic mass is 10.1. The number of fused-ring (bicyclic) bond motifs is 3. The highest BCUT2D eigenvalue weighted by Crippen LogP contribution is 2.24. The van der Waals surface area contributed by atoms with Crippen molar-refractivity contribution in [2.24, 2.45) is 0 Å². The van der Waals surface area contributed by atoms with Crippen molar-refractivity contribution in [2.45, 2.75) is 44.9 Å². The number of benzene rings is 1. The molecule has 0 aliphatic heterocycles. The molecule has 2 heterocycles. The molecule has 7 heteroatoms. The Morgan fingerprint density at radius 2 is 2.04 bits per heavy atom. The van der Waals surface area contributed by atoms with Crippen LogP contribution >= 0.6 is 11.8 Å².